The summed E-state index contributed by atoms with van der Waals surface area (Å²) in [5.41, 5.74) is 2.15. The van der Waals surface area contributed by atoms with Crippen LogP contribution in [-0.2, 0) is 12.8 Å². The lowest BCUT2D eigenvalue weighted by Crippen LogP contribution is -2.11. The predicted octanol–water partition coefficient (Wildman–Crippen LogP) is 5.53. The number of fused-ring (bicyclic) bond motifs is 1. The van der Waals surface area contributed by atoms with Crippen molar-refractivity contribution in [2.24, 2.45) is 7.05 Å². The molecule has 0 unspecified atom stereocenters. The van der Waals surface area contributed by atoms with E-state index in [-0.39, 0.29) is 11.4 Å². The van der Waals surface area contributed by atoms with Crippen LogP contribution in [-0.4, -0.2) is 24.7 Å². The summed E-state index contributed by atoms with van der Waals surface area (Å²) in [6, 6.07) is 13.5. The summed E-state index contributed by atoms with van der Waals surface area (Å²) in [4.78, 5) is 21.0. The average molecular weight is 484 g/mol. The van der Waals surface area contributed by atoms with E-state index in [1.165, 1.54) is 35.2 Å². The van der Waals surface area contributed by atoms with Crippen LogP contribution < -0.4 is 5.56 Å². The molecule has 0 aliphatic heterocycles. The SMILES string of the molecule is Cn1c(SCc2nc3scc(-c4ccccc4Cl)c3c(=O)[nH]2)nnc1-c1ccc(F)cc1. The zero-order valence-electron chi connectivity index (χ0n) is 16.7. The zero-order chi connectivity index (χ0) is 22.2. The Kier molecular flexibility index (Phi) is 5.54. The lowest BCUT2D eigenvalue weighted by atomic mass is 10.1. The molecule has 0 fully saturated rings. The maximum absolute atomic E-state index is 13.2. The predicted molar refractivity (Wildman–Crippen MR) is 127 cm³/mol. The van der Waals surface area contributed by atoms with Crippen molar-refractivity contribution in [1.82, 2.24) is 24.7 Å². The Morgan fingerprint density at radius 3 is 2.69 bits per heavy atom. The highest BCUT2D eigenvalue weighted by atomic mass is 35.5. The Hall–Kier alpha value is -3.01. The molecule has 3 aromatic heterocycles. The second-order valence-corrected chi connectivity index (χ2v) is 9.19. The highest BCUT2D eigenvalue weighted by Crippen LogP contribution is 2.35. The van der Waals surface area contributed by atoms with E-state index in [0.29, 0.717) is 37.8 Å². The van der Waals surface area contributed by atoms with Gasteiger partial charge < -0.3 is 9.55 Å². The smallest absolute Gasteiger partial charge is 0.260 e. The van der Waals surface area contributed by atoms with Crippen LogP contribution in [0.4, 0.5) is 4.39 Å². The number of hydrogen-bond donors (Lipinski definition) is 1. The molecular formula is C22H15ClFN5OS2. The van der Waals surface area contributed by atoms with Crippen molar-refractivity contribution in [2.45, 2.75) is 10.9 Å². The van der Waals surface area contributed by atoms with Crippen molar-refractivity contribution in [2.75, 3.05) is 0 Å². The van der Waals surface area contributed by atoms with Crippen LogP contribution in [0.1, 0.15) is 5.82 Å². The Bertz CT molecular complexity index is 1490. The molecule has 0 bridgehead atoms. The number of thiophene rings is 1. The third-order valence-corrected chi connectivity index (χ3v) is 7.17. The van der Waals surface area contributed by atoms with Gasteiger partial charge in [-0.1, -0.05) is 41.6 Å². The first-order valence-electron chi connectivity index (χ1n) is 9.54. The molecule has 160 valence electrons. The highest BCUT2D eigenvalue weighted by Gasteiger charge is 2.16. The van der Waals surface area contributed by atoms with E-state index in [9.17, 15) is 9.18 Å². The van der Waals surface area contributed by atoms with Gasteiger partial charge in [0.1, 0.15) is 16.5 Å². The summed E-state index contributed by atoms with van der Waals surface area (Å²) in [6.45, 7) is 0. The van der Waals surface area contributed by atoms with E-state index in [2.05, 4.69) is 20.2 Å². The Morgan fingerprint density at radius 1 is 1.12 bits per heavy atom. The van der Waals surface area contributed by atoms with E-state index in [1.54, 1.807) is 18.2 Å². The molecule has 0 atom stereocenters. The van der Waals surface area contributed by atoms with Gasteiger partial charge >= 0.3 is 0 Å². The van der Waals surface area contributed by atoms with Crippen molar-refractivity contribution >= 4 is 44.9 Å². The standard InChI is InChI=1S/C22H15ClFN5OS2/c1-29-19(12-6-8-13(24)9-7-12)27-28-22(29)32-11-17-25-20(30)18-15(10-31-21(18)26-17)14-4-2-3-5-16(14)23/h2-10H,11H2,1H3,(H,25,26,30). The molecule has 1 N–H and O–H groups in total. The second-order valence-electron chi connectivity index (χ2n) is 6.98. The first-order valence-corrected chi connectivity index (χ1v) is 11.8. The average Bonchev–Trinajstić information content (AvgIpc) is 3.37. The van der Waals surface area contributed by atoms with Crippen molar-refractivity contribution in [3.8, 4) is 22.5 Å². The van der Waals surface area contributed by atoms with Gasteiger partial charge in [0.2, 0.25) is 0 Å². The number of rotatable bonds is 5. The van der Waals surface area contributed by atoms with Gasteiger partial charge in [0, 0.05) is 34.1 Å². The highest BCUT2D eigenvalue weighted by molar-refractivity contribution is 7.98. The molecule has 2 aromatic carbocycles. The number of nitrogens with one attached hydrogen (secondary N) is 1. The van der Waals surface area contributed by atoms with Crippen molar-refractivity contribution in [1.29, 1.82) is 0 Å². The molecule has 0 radical (unpaired) electrons. The summed E-state index contributed by atoms with van der Waals surface area (Å²) in [5.74, 6) is 1.29. The third-order valence-electron chi connectivity index (χ3n) is 4.93. The molecule has 5 aromatic rings. The number of benzene rings is 2. The van der Waals surface area contributed by atoms with Crippen molar-refractivity contribution < 1.29 is 4.39 Å². The molecule has 0 spiro atoms. The number of H-pyrrole nitrogens is 1. The van der Waals surface area contributed by atoms with E-state index in [4.69, 9.17) is 11.6 Å². The minimum Gasteiger partial charge on any atom is -0.309 e. The number of thioether (sulfide) groups is 1. The quantitative estimate of drug-likeness (QED) is 0.332. The topological polar surface area (TPSA) is 76.5 Å². The molecule has 0 saturated carbocycles. The molecule has 3 heterocycles. The molecule has 10 heteroatoms. The summed E-state index contributed by atoms with van der Waals surface area (Å²) < 4.78 is 15.0. The molecule has 6 nitrogen and oxygen atoms in total. The van der Waals surface area contributed by atoms with E-state index in [0.717, 1.165) is 16.7 Å². The normalized spacial score (nSPS) is 11.3. The van der Waals surface area contributed by atoms with Crippen LogP contribution in [0.15, 0.2) is 63.9 Å². The number of aromatic nitrogens is 5. The largest absolute Gasteiger partial charge is 0.309 e. The van der Waals surface area contributed by atoms with E-state index < -0.39 is 0 Å². The van der Waals surface area contributed by atoms with Gasteiger partial charge in [0.15, 0.2) is 11.0 Å². The van der Waals surface area contributed by atoms with Gasteiger partial charge in [-0.05, 0) is 30.3 Å². The Morgan fingerprint density at radius 2 is 1.91 bits per heavy atom. The molecule has 32 heavy (non-hydrogen) atoms. The first kappa shape index (κ1) is 20.9. The van der Waals surface area contributed by atoms with Gasteiger partial charge in [-0.2, -0.15) is 0 Å². The summed E-state index contributed by atoms with van der Waals surface area (Å²) in [5, 5.41) is 12.1. The number of hydrogen-bond acceptors (Lipinski definition) is 6. The van der Waals surface area contributed by atoms with Gasteiger partial charge in [-0.25, -0.2) is 9.37 Å². The summed E-state index contributed by atoms with van der Waals surface area (Å²) in [7, 11) is 1.84. The van der Waals surface area contributed by atoms with Crippen LogP contribution in [0.25, 0.3) is 32.7 Å². The minimum atomic E-state index is -0.304. The summed E-state index contributed by atoms with van der Waals surface area (Å²) in [6.07, 6.45) is 0. The number of aromatic amines is 1. The third kappa shape index (κ3) is 3.83. The van der Waals surface area contributed by atoms with Crippen LogP contribution >= 0.6 is 34.7 Å². The van der Waals surface area contributed by atoms with Crippen molar-refractivity contribution in [3.63, 3.8) is 0 Å². The maximum Gasteiger partial charge on any atom is 0.260 e. The lowest BCUT2D eigenvalue weighted by molar-refractivity contribution is 0.628. The first-order chi connectivity index (χ1) is 15.5. The van der Waals surface area contributed by atoms with Crippen LogP contribution in [0.3, 0.4) is 0 Å². The molecule has 0 amide bonds. The van der Waals surface area contributed by atoms with Gasteiger partial charge in [0.05, 0.1) is 11.1 Å². The van der Waals surface area contributed by atoms with Crippen LogP contribution in [0.2, 0.25) is 5.02 Å². The van der Waals surface area contributed by atoms with E-state index >= 15 is 0 Å². The monoisotopic (exact) mass is 483 g/mol. The maximum atomic E-state index is 13.2. The fraction of sp³-hybridized carbons (Fsp3) is 0.0909. The number of halogens is 2. The fourth-order valence-electron chi connectivity index (χ4n) is 3.36. The van der Waals surface area contributed by atoms with Gasteiger partial charge in [0.25, 0.3) is 5.56 Å². The lowest BCUT2D eigenvalue weighted by Gasteiger charge is -2.05. The second kappa shape index (κ2) is 8.50. The molecular weight excluding hydrogens is 469 g/mol. The minimum absolute atomic E-state index is 0.202. The fourth-order valence-corrected chi connectivity index (χ4v) is 5.34. The van der Waals surface area contributed by atoms with Gasteiger partial charge in [-0.15, -0.1) is 21.5 Å². The van der Waals surface area contributed by atoms with E-state index in [1.807, 2.05) is 35.2 Å². The molecule has 0 aliphatic carbocycles. The Balaban J connectivity index is 1.41. The molecule has 5 rings (SSSR count). The Labute approximate surface area is 195 Å². The van der Waals surface area contributed by atoms with Crippen LogP contribution in [0, 0.1) is 5.82 Å². The van der Waals surface area contributed by atoms with Crippen LogP contribution in [0.5, 0.6) is 0 Å². The zero-order valence-corrected chi connectivity index (χ0v) is 19.1. The summed E-state index contributed by atoms with van der Waals surface area (Å²) >= 11 is 9.14. The molecule has 0 saturated heterocycles. The number of nitrogens with zero attached hydrogens (tertiary/aromatic N) is 4. The van der Waals surface area contributed by atoms with Gasteiger partial charge in [-0.3, -0.25) is 4.79 Å². The van der Waals surface area contributed by atoms with Crippen molar-refractivity contribution in [3.05, 3.63) is 80.9 Å². The molecule has 0 aliphatic rings.